The van der Waals surface area contributed by atoms with E-state index >= 15 is 0 Å². The molecule has 2 amide bonds. The zero-order valence-corrected chi connectivity index (χ0v) is 21.9. The quantitative estimate of drug-likeness (QED) is 0.242. The lowest BCUT2D eigenvalue weighted by molar-refractivity contribution is -0.115. The van der Waals surface area contributed by atoms with E-state index in [2.05, 4.69) is 15.6 Å². The first kappa shape index (κ1) is 26.2. The van der Waals surface area contributed by atoms with Gasteiger partial charge in [0.1, 0.15) is 5.82 Å². The predicted molar refractivity (Wildman–Crippen MR) is 145 cm³/mol. The number of rotatable bonds is 9. The Morgan fingerprint density at radius 1 is 0.946 bits per heavy atom. The van der Waals surface area contributed by atoms with Crippen molar-refractivity contribution in [3.05, 3.63) is 83.5 Å². The minimum atomic E-state index is -0.384. The van der Waals surface area contributed by atoms with Crippen LogP contribution >= 0.6 is 23.1 Å². The summed E-state index contributed by atoms with van der Waals surface area (Å²) in [7, 11) is 3.05. The van der Waals surface area contributed by atoms with E-state index in [0.29, 0.717) is 33.6 Å². The van der Waals surface area contributed by atoms with Gasteiger partial charge in [-0.1, -0.05) is 0 Å². The molecular weight excluding hydrogens is 513 g/mol. The van der Waals surface area contributed by atoms with Gasteiger partial charge >= 0.3 is 0 Å². The summed E-state index contributed by atoms with van der Waals surface area (Å²) in [6, 6.07) is 18.2. The zero-order valence-electron chi connectivity index (χ0n) is 20.3. The molecule has 0 radical (unpaired) electrons. The Hall–Kier alpha value is -3.89. The number of benzene rings is 3. The van der Waals surface area contributed by atoms with Gasteiger partial charge in [-0.05, 0) is 73.7 Å². The number of amides is 2. The molecule has 7 nitrogen and oxygen atoms in total. The highest BCUT2D eigenvalue weighted by Gasteiger charge is 2.17. The third-order valence-corrected chi connectivity index (χ3v) is 7.18. The summed E-state index contributed by atoms with van der Waals surface area (Å²) < 4.78 is 23.6. The molecule has 0 aliphatic heterocycles. The Bertz CT molecular complexity index is 1390. The third-order valence-electron chi connectivity index (χ3n) is 5.31. The fraction of sp³-hybridized carbons (Fsp3) is 0.148. The SMILES string of the molecule is COc1ccc(C(=O)Nc2ccc(SC(C)C(=O)Nc3nc(-c4ccc(F)cc4)cs3)cc2)cc1OC. The highest BCUT2D eigenvalue weighted by Crippen LogP contribution is 2.30. The lowest BCUT2D eigenvalue weighted by Crippen LogP contribution is -2.22. The number of thioether (sulfide) groups is 1. The van der Waals surface area contributed by atoms with E-state index < -0.39 is 0 Å². The van der Waals surface area contributed by atoms with Crippen LogP contribution in [0.3, 0.4) is 0 Å². The van der Waals surface area contributed by atoms with Crippen LogP contribution in [0, 0.1) is 5.82 Å². The number of hydrogen-bond donors (Lipinski definition) is 2. The van der Waals surface area contributed by atoms with Gasteiger partial charge in [0, 0.05) is 27.1 Å². The molecule has 0 aliphatic carbocycles. The van der Waals surface area contributed by atoms with Crippen LogP contribution in [-0.2, 0) is 4.79 Å². The number of methoxy groups -OCH3 is 2. The molecule has 3 aromatic carbocycles. The zero-order chi connectivity index (χ0) is 26.4. The van der Waals surface area contributed by atoms with E-state index in [-0.39, 0.29) is 22.9 Å². The summed E-state index contributed by atoms with van der Waals surface area (Å²) in [4.78, 5) is 30.6. The van der Waals surface area contributed by atoms with Gasteiger partial charge in [-0.25, -0.2) is 9.37 Å². The van der Waals surface area contributed by atoms with Crippen LogP contribution in [0.25, 0.3) is 11.3 Å². The lowest BCUT2D eigenvalue weighted by Gasteiger charge is -2.12. The Morgan fingerprint density at radius 3 is 2.32 bits per heavy atom. The lowest BCUT2D eigenvalue weighted by atomic mass is 10.2. The maximum absolute atomic E-state index is 13.1. The second-order valence-corrected chi connectivity index (χ2v) is 10.1. The van der Waals surface area contributed by atoms with Gasteiger partial charge in [-0.3, -0.25) is 9.59 Å². The summed E-state index contributed by atoms with van der Waals surface area (Å²) in [5.74, 6) is 0.237. The number of nitrogens with zero attached hydrogens (tertiary/aromatic N) is 1. The van der Waals surface area contributed by atoms with Crippen LogP contribution in [0.15, 0.2) is 77.0 Å². The van der Waals surface area contributed by atoms with Crippen molar-refractivity contribution in [3.8, 4) is 22.8 Å². The molecule has 1 aromatic heterocycles. The second kappa shape index (κ2) is 11.9. The molecule has 0 fully saturated rings. The molecule has 0 saturated carbocycles. The van der Waals surface area contributed by atoms with Crippen LogP contribution < -0.4 is 20.1 Å². The van der Waals surface area contributed by atoms with Crippen molar-refractivity contribution in [1.82, 2.24) is 4.98 Å². The van der Waals surface area contributed by atoms with Crippen LogP contribution in [0.2, 0.25) is 0 Å². The van der Waals surface area contributed by atoms with E-state index in [4.69, 9.17) is 9.47 Å². The van der Waals surface area contributed by atoms with Crippen molar-refractivity contribution < 1.29 is 23.5 Å². The maximum Gasteiger partial charge on any atom is 0.255 e. The third kappa shape index (κ3) is 6.66. The van der Waals surface area contributed by atoms with E-state index in [0.717, 1.165) is 10.5 Å². The summed E-state index contributed by atoms with van der Waals surface area (Å²) >= 11 is 2.70. The molecule has 0 saturated heterocycles. The topological polar surface area (TPSA) is 89.5 Å². The first-order valence-corrected chi connectivity index (χ1v) is 12.9. The average molecular weight is 538 g/mol. The highest BCUT2D eigenvalue weighted by atomic mass is 32.2. The van der Waals surface area contributed by atoms with Crippen LogP contribution in [0.5, 0.6) is 11.5 Å². The molecule has 0 aliphatic rings. The standard InChI is InChI=1S/C27H24FN3O4S2/c1-16(25(32)31-27-30-22(15-36-27)17-4-7-19(28)8-5-17)37-21-11-9-20(10-12-21)29-26(33)18-6-13-23(34-2)24(14-18)35-3/h4-16H,1-3H3,(H,29,33)(H,30,31,32). The Labute approximate surface area is 222 Å². The van der Waals surface area contributed by atoms with Crippen molar-refractivity contribution in [2.45, 2.75) is 17.1 Å². The molecule has 37 heavy (non-hydrogen) atoms. The maximum atomic E-state index is 13.1. The summed E-state index contributed by atoms with van der Waals surface area (Å²) in [5, 5.41) is 7.59. The molecule has 1 atom stereocenters. The number of carbonyl (C=O) groups is 2. The van der Waals surface area contributed by atoms with Crippen LogP contribution in [-0.4, -0.2) is 36.3 Å². The first-order chi connectivity index (χ1) is 17.9. The molecule has 4 rings (SSSR count). The fourth-order valence-corrected chi connectivity index (χ4v) is 4.94. The Kier molecular flexibility index (Phi) is 8.42. The molecule has 190 valence electrons. The van der Waals surface area contributed by atoms with Crippen LogP contribution in [0.1, 0.15) is 17.3 Å². The van der Waals surface area contributed by atoms with Gasteiger partial charge in [0.05, 0.1) is 25.2 Å². The van der Waals surface area contributed by atoms with Gasteiger partial charge in [0.15, 0.2) is 16.6 Å². The molecule has 4 aromatic rings. The van der Waals surface area contributed by atoms with Gasteiger partial charge in [-0.2, -0.15) is 0 Å². The summed E-state index contributed by atoms with van der Waals surface area (Å²) in [6.07, 6.45) is 0. The minimum Gasteiger partial charge on any atom is -0.493 e. The van der Waals surface area contributed by atoms with Gasteiger partial charge in [0.25, 0.3) is 5.91 Å². The van der Waals surface area contributed by atoms with Crippen molar-refractivity contribution in [2.75, 3.05) is 24.9 Å². The summed E-state index contributed by atoms with van der Waals surface area (Å²) in [6.45, 7) is 1.81. The van der Waals surface area contributed by atoms with Crippen molar-refractivity contribution >= 4 is 45.7 Å². The first-order valence-electron chi connectivity index (χ1n) is 11.2. The number of ether oxygens (including phenoxy) is 2. The largest absolute Gasteiger partial charge is 0.493 e. The molecule has 10 heteroatoms. The molecular formula is C27H24FN3O4S2. The van der Waals surface area contributed by atoms with Crippen molar-refractivity contribution in [3.63, 3.8) is 0 Å². The average Bonchev–Trinajstić information content (AvgIpc) is 3.38. The number of aromatic nitrogens is 1. The van der Waals surface area contributed by atoms with Crippen molar-refractivity contribution in [2.24, 2.45) is 0 Å². The molecule has 0 bridgehead atoms. The van der Waals surface area contributed by atoms with Gasteiger partial charge in [0.2, 0.25) is 5.91 Å². The number of thiazole rings is 1. The monoisotopic (exact) mass is 537 g/mol. The Balaban J connectivity index is 1.32. The van der Waals surface area contributed by atoms with Gasteiger partial charge < -0.3 is 20.1 Å². The molecule has 2 N–H and O–H groups in total. The van der Waals surface area contributed by atoms with Crippen molar-refractivity contribution in [1.29, 1.82) is 0 Å². The highest BCUT2D eigenvalue weighted by molar-refractivity contribution is 8.00. The smallest absolute Gasteiger partial charge is 0.255 e. The van der Waals surface area contributed by atoms with Crippen LogP contribution in [0.4, 0.5) is 15.2 Å². The minimum absolute atomic E-state index is 0.184. The van der Waals surface area contributed by atoms with E-state index in [1.54, 1.807) is 49.4 Å². The normalized spacial score (nSPS) is 11.5. The molecule has 1 unspecified atom stereocenters. The number of anilines is 2. The molecule has 0 spiro atoms. The van der Waals surface area contributed by atoms with E-state index in [9.17, 15) is 14.0 Å². The predicted octanol–water partition coefficient (Wildman–Crippen LogP) is 6.34. The Morgan fingerprint density at radius 2 is 1.65 bits per heavy atom. The number of carbonyl (C=O) groups excluding carboxylic acids is 2. The number of halogens is 1. The second-order valence-electron chi connectivity index (χ2n) is 7.84. The number of hydrogen-bond acceptors (Lipinski definition) is 7. The summed E-state index contributed by atoms with van der Waals surface area (Å²) in [5.41, 5.74) is 2.51. The van der Waals surface area contributed by atoms with E-state index in [1.807, 2.05) is 17.5 Å². The van der Waals surface area contributed by atoms with E-state index in [1.165, 1.54) is 49.5 Å². The van der Waals surface area contributed by atoms with Gasteiger partial charge in [-0.15, -0.1) is 23.1 Å². The molecule has 1 heterocycles. The number of nitrogens with one attached hydrogen (secondary N) is 2. The fourth-order valence-electron chi connectivity index (χ4n) is 3.35.